The molecule has 3 aromatic heterocycles. The van der Waals surface area contributed by atoms with E-state index in [1.807, 2.05) is 63.4 Å². The zero-order chi connectivity index (χ0) is 33.1. The van der Waals surface area contributed by atoms with Crippen LogP contribution in [-0.4, -0.2) is 41.3 Å². The Morgan fingerprint density at radius 2 is 1.70 bits per heavy atom. The lowest BCUT2D eigenvalue weighted by molar-refractivity contribution is 0.0933. The molecule has 1 amide bonds. The maximum atomic E-state index is 14.3. The van der Waals surface area contributed by atoms with Crippen LogP contribution in [-0.2, 0) is 7.05 Å². The molecule has 3 heterocycles. The first-order chi connectivity index (χ1) is 22.7. The normalized spacial score (nSPS) is 11.6. The average Bonchev–Trinajstić information content (AvgIpc) is 3.49. The molecule has 1 unspecified atom stereocenters. The fourth-order valence-electron chi connectivity index (χ4n) is 5.09. The van der Waals surface area contributed by atoms with Crippen molar-refractivity contribution < 1.29 is 9.53 Å². The van der Waals surface area contributed by atoms with Crippen molar-refractivity contribution >= 4 is 22.6 Å². The lowest BCUT2D eigenvalue weighted by Crippen LogP contribution is -2.34. The number of hydrogen-bond acceptors (Lipinski definition) is 8. The van der Waals surface area contributed by atoms with Gasteiger partial charge in [-0.15, -0.1) is 0 Å². The molecule has 0 aliphatic rings. The van der Waals surface area contributed by atoms with Gasteiger partial charge in [-0.05, 0) is 81.3 Å². The number of benzene rings is 3. The van der Waals surface area contributed by atoms with Crippen molar-refractivity contribution in [2.24, 2.45) is 7.05 Å². The van der Waals surface area contributed by atoms with Crippen LogP contribution in [0.4, 0.5) is 5.82 Å². The Kier molecular flexibility index (Phi) is 8.49. The zero-order valence-corrected chi connectivity index (χ0v) is 26.3. The molecule has 0 aliphatic carbocycles. The molecule has 1 atom stereocenters. The van der Waals surface area contributed by atoms with Crippen LogP contribution in [0.5, 0.6) is 5.75 Å². The summed E-state index contributed by atoms with van der Waals surface area (Å²) in [5.74, 6) is 6.57. The lowest BCUT2D eigenvalue weighted by atomic mass is 10.1. The van der Waals surface area contributed by atoms with Gasteiger partial charge in [0.15, 0.2) is 11.5 Å². The molecule has 0 aliphatic heterocycles. The Hall–Kier alpha value is -6.28. The van der Waals surface area contributed by atoms with Crippen LogP contribution in [0.3, 0.4) is 0 Å². The Balaban J connectivity index is 1.37. The van der Waals surface area contributed by atoms with Crippen molar-refractivity contribution in [3.05, 3.63) is 124 Å². The predicted molar refractivity (Wildman–Crippen MR) is 180 cm³/mol. The van der Waals surface area contributed by atoms with Crippen molar-refractivity contribution in [2.75, 3.05) is 5.73 Å². The number of ether oxygens (including phenoxy) is 1. The third-order valence-electron chi connectivity index (χ3n) is 7.25. The van der Waals surface area contributed by atoms with Gasteiger partial charge in [0, 0.05) is 24.4 Å². The largest absolute Gasteiger partial charge is 0.491 e. The van der Waals surface area contributed by atoms with E-state index in [4.69, 9.17) is 15.5 Å². The van der Waals surface area contributed by atoms with Gasteiger partial charge in [0.2, 0.25) is 0 Å². The van der Waals surface area contributed by atoms with E-state index in [0.717, 1.165) is 11.3 Å². The first-order valence-corrected chi connectivity index (χ1v) is 15.0. The number of carbonyl (C=O) groups excluding carboxylic acids is 1. The highest BCUT2D eigenvalue weighted by atomic mass is 16.5. The molecule has 6 rings (SSSR count). The minimum atomic E-state index is -0.736. The van der Waals surface area contributed by atoms with Gasteiger partial charge >= 0.3 is 0 Å². The fraction of sp³-hybridized carbons (Fsp3) is 0.167. The van der Waals surface area contributed by atoms with E-state index >= 15 is 0 Å². The smallest absolute Gasteiger partial charge is 0.274 e. The van der Waals surface area contributed by atoms with Gasteiger partial charge in [0.25, 0.3) is 11.5 Å². The maximum absolute atomic E-state index is 14.3. The Bertz CT molecular complexity index is 2210. The molecule has 0 fully saturated rings. The number of rotatable bonds is 7. The number of para-hydroxylation sites is 1. The number of nitrogens with two attached hydrogens (primary N) is 1. The summed E-state index contributed by atoms with van der Waals surface area (Å²) in [4.78, 5) is 41.5. The number of nitrogens with one attached hydrogen (secondary N) is 1. The summed E-state index contributed by atoms with van der Waals surface area (Å²) >= 11 is 0. The summed E-state index contributed by atoms with van der Waals surface area (Å²) in [6, 6.07) is 22.9. The average molecular weight is 625 g/mol. The zero-order valence-electron chi connectivity index (χ0n) is 26.3. The minimum absolute atomic E-state index is 0.0266. The number of aromatic nitrogens is 6. The lowest BCUT2D eigenvalue weighted by Gasteiger charge is -2.20. The van der Waals surface area contributed by atoms with Crippen LogP contribution in [0.15, 0.2) is 96.1 Å². The third-order valence-corrected chi connectivity index (χ3v) is 7.25. The first kappa shape index (κ1) is 30.7. The van der Waals surface area contributed by atoms with E-state index < -0.39 is 11.9 Å². The van der Waals surface area contributed by atoms with Gasteiger partial charge in [-0.25, -0.2) is 15.0 Å². The van der Waals surface area contributed by atoms with Crippen LogP contribution in [0.25, 0.3) is 27.8 Å². The maximum Gasteiger partial charge on any atom is 0.274 e. The van der Waals surface area contributed by atoms with Gasteiger partial charge in [-0.3, -0.25) is 18.8 Å². The van der Waals surface area contributed by atoms with E-state index in [1.165, 1.54) is 10.8 Å². The van der Waals surface area contributed by atoms with E-state index in [2.05, 4.69) is 32.2 Å². The molecule has 6 aromatic rings. The molecule has 11 heteroatoms. The van der Waals surface area contributed by atoms with Crippen molar-refractivity contribution in [3.8, 4) is 34.5 Å². The Morgan fingerprint density at radius 1 is 0.936 bits per heavy atom. The summed E-state index contributed by atoms with van der Waals surface area (Å²) in [6.45, 7) is 5.65. The molecule has 3 aromatic carbocycles. The third kappa shape index (κ3) is 6.57. The molecule has 47 heavy (non-hydrogen) atoms. The number of nitrogen functional groups attached to an aromatic ring is 1. The highest BCUT2D eigenvalue weighted by molar-refractivity contribution is 5.97. The van der Waals surface area contributed by atoms with Crippen LogP contribution in [0.1, 0.15) is 54.4 Å². The van der Waals surface area contributed by atoms with Gasteiger partial charge in [-0.2, -0.15) is 5.10 Å². The second-order valence-corrected chi connectivity index (χ2v) is 11.1. The second-order valence-electron chi connectivity index (χ2n) is 11.1. The summed E-state index contributed by atoms with van der Waals surface area (Å²) in [5.41, 5.74) is 9.09. The number of nitrogens with zero attached hydrogens (tertiary/aromatic N) is 6. The first-order valence-electron chi connectivity index (χ1n) is 15.0. The topological polar surface area (TPSA) is 143 Å². The number of amides is 1. The molecule has 234 valence electrons. The Morgan fingerprint density at radius 3 is 2.40 bits per heavy atom. The molecule has 0 saturated carbocycles. The summed E-state index contributed by atoms with van der Waals surface area (Å²) in [6.07, 6.45) is 3.35. The summed E-state index contributed by atoms with van der Waals surface area (Å²) in [5, 5.41) is 7.59. The number of carbonyl (C=O) groups is 1. The summed E-state index contributed by atoms with van der Waals surface area (Å²) in [7, 11) is 1.81. The predicted octanol–water partition coefficient (Wildman–Crippen LogP) is 4.84. The Labute approximate surface area is 271 Å². The minimum Gasteiger partial charge on any atom is -0.491 e. The SMILES string of the molecule is CC(C)Oc1ccc(-c2cnc(N)c(C(=O)NC(C)c3nc4cccc(C#Cc5ccn(C)n5)c4c(=O)n3-c3ccccc3)n2)cc1. The van der Waals surface area contributed by atoms with Gasteiger partial charge in [0.05, 0.1) is 40.6 Å². The number of hydrogen-bond donors (Lipinski definition) is 2. The fourth-order valence-corrected chi connectivity index (χ4v) is 5.09. The monoisotopic (exact) mass is 624 g/mol. The van der Waals surface area contributed by atoms with Crippen LogP contribution < -0.4 is 21.3 Å². The summed E-state index contributed by atoms with van der Waals surface area (Å²) < 4.78 is 8.88. The molecule has 0 saturated heterocycles. The van der Waals surface area contributed by atoms with Crippen molar-refractivity contribution in [2.45, 2.75) is 32.9 Å². The highest BCUT2D eigenvalue weighted by Crippen LogP contribution is 2.24. The van der Waals surface area contributed by atoms with Gasteiger partial charge < -0.3 is 15.8 Å². The van der Waals surface area contributed by atoms with Crippen LogP contribution in [0.2, 0.25) is 0 Å². The standard InChI is InChI=1S/C36H32N8O3/c1-22(2)47-28-17-14-24(15-18-28)30-21-38-33(37)32(40-30)35(45)39-23(3)34-41-29-12-8-9-25(13-16-26-19-20-43(4)42-26)31(29)36(46)44(34)27-10-6-5-7-11-27/h5-12,14-15,17-23H,1-4H3,(H2,37,38)(H,39,45). The molecular formula is C36H32N8O3. The second kappa shape index (κ2) is 13.0. The van der Waals surface area contributed by atoms with Gasteiger partial charge in [0.1, 0.15) is 17.3 Å². The van der Waals surface area contributed by atoms with E-state index in [9.17, 15) is 9.59 Å². The molecular weight excluding hydrogens is 592 g/mol. The van der Waals surface area contributed by atoms with Crippen molar-refractivity contribution in [1.82, 2.24) is 34.6 Å². The van der Waals surface area contributed by atoms with Crippen molar-refractivity contribution in [3.63, 3.8) is 0 Å². The molecule has 0 spiro atoms. The number of aryl methyl sites for hydroxylation is 1. The van der Waals surface area contributed by atoms with Crippen LogP contribution in [0, 0.1) is 11.8 Å². The van der Waals surface area contributed by atoms with E-state index in [-0.39, 0.29) is 23.2 Å². The molecule has 0 bridgehead atoms. The molecule has 3 N–H and O–H groups in total. The number of anilines is 1. The van der Waals surface area contributed by atoms with Crippen LogP contribution >= 0.6 is 0 Å². The highest BCUT2D eigenvalue weighted by Gasteiger charge is 2.23. The number of fused-ring (bicyclic) bond motifs is 1. The van der Waals surface area contributed by atoms with Gasteiger partial charge in [-0.1, -0.05) is 30.2 Å². The van der Waals surface area contributed by atoms with E-state index in [0.29, 0.717) is 39.4 Å². The molecule has 0 radical (unpaired) electrons. The van der Waals surface area contributed by atoms with E-state index in [1.54, 1.807) is 54.2 Å². The quantitative estimate of drug-likeness (QED) is 0.240. The molecule has 11 nitrogen and oxygen atoms in total. The van der Waals surface area contributed by atoms with Crippen molar-refractivity contribution in [1.29, 1.82) is 0 Å².